The minimum atomic E-state index is 0.288. The third-order valence-corrected chi connectivity index (χ3v) is 6.42. The van der Waals surface area contributed by atoms with Gasteiger partial charge in [0, 0.05) is 45.3 Å². The topological polar surface area (TPSA) is 31.8 Å². The molecule has 4 rings (SSSR count). The highest BCUT2D eigenvalue weighted by Gasteiger charge is 2.33. The van der Waals surface area contributed by atoms with Gasteiger partial charge in [-0.15, -0.1) is 11.3 Å². The van der Waals surface area contributed by atoms with E-state index in [1.54, 1.807) is 0 Å². The molecular weight excluding hydrogens is 332 g/mol. The molecule has 2 aliphatic rings. The predicted octanol–water partition coefficient (Wildman–Crippen LogP) is 2.65. The van der Waals surface area contributed by atoms with Crippen molar-refractivity contribution in [2.24, 2.45) is 0 Å². The van der Waals surface area contributed by atoms with Gasteiger partial charge in [-0.1, -0.05) is 12.1 Å². The van der Waals surface area contributed by atoms with Gasteiger partial charge in [0.25, 0.3) is 0 Å². The summed E-state index contributed by atoms with van der Waals surface area (Å²) in [6.45, 7) is 12.7. The molecular formula is C19H28N4OS. The number of fused-ring (bicyclic) bond motifs is 1. The first-order chi connectivity index (χ1) is 12.2. The molecule has 1 aromatic carbocycles. The summed E-state index contributed by atoms with van der Waals surface area (Å²) in [5.41, 5.74) is 1.13. The predicted molar refractivity (Wildman–Crippen MR) is 103 cm³/mol. The Hall–Kier alpha value is -1.05. The Balaban J connectivity index is 1.60. The highest BCUT2D eigenvalue weighted by atomic mass is 32.1. The van der Waals surface area contributed by atoms with E-state index < -0.39 is 0 Å². The molecule has 2 aliphatic heterocycles. The van der Waals surface area contributed by atoms with E-state index in [0.29, 0.717) is 6.04 Å². The first-order valence-corrected chi connectivity index (χ1v) is 10.2. The summed E-state index contributed by atoms with van der Waals surface area (Å²) in [5.74, 6) is 0. The van der Waals surface area contributed by atoms with Crippen molar-refractivity contribution in [1.29, 1.82) is 0 Å². The van der Waals surface area contributed by atoms with E-state index in [4.69, 9.17) is 9.72 Å². The Morgan fingerprint density at radius 2 is 1.56 bits per heavy atom. The van der Waals surface area contributed by atoms with Crippen molar-refractivity contribution in [3.63, 3.8) is 0 Å². The Kier molecular flexibility index (Phi) is 5.33. The number of nitrogens with zero attached hydrogens (tertiary/aromatic N) is 4. The summed E-state index contributed by atoms with van der Waals surface area (Å²) < 4.78 is 6.88. The van der Waals surface area contributed by atoms with Crippen LogP contribution in [-0.2, 0) is 4.74 Å². The quantitative estimate of drug-likeness (QED) is 0.837. The van der Waals surface area contributed by atoms with Crippen LogP contribution < -0.4 is 0 Å². The fraction of sp³-hybridized carbons (Fsp3) is 0.632. The lowest BCUT2D eigenvalue weighted by Crippen LogP contribution is -2.54. The van der Waals surface area contributed by atoms with Crippen molar-refractivity contribution in [1.82, 2.24) is 19.7 Å². The number of piperazine rings is 1. The first kappa shape index (κ1) is 17.4. The summed E-state index contributed by atoms with van der Waals surface area (Å²) in [4.78, 5) is 12.8. The highest BCUT2D eigenvalue weighted by Crippen LogP contribution is 2.33. The molecule has 6 heteroatoms. The fourth-order valence-electron chi connectivity index (χ4n) is 3.86. The third kappa shape index (κ3) is 3.73. The highest BCUT2D eigenvalue weighted by molar-refractivity contribution is 7.18. The van der Waals surface area contributed by atoms with Crippen molar-refractivity contribution in [2.75, 3.05) is 52.5 Å². The van der Waals surface area contributed by atoms with Gasteiger partial charge in [0.05, 0.1) is 23.4 Å². The van der Waals surface area contributed by atoms with Crippen LogP contribution in [0.5, 0.6) is 0 Å². The van der Waals surface area contributed by atoms with Crippen LogP contribution in [0.1, 0.15) is 25.0 Å². The molecule has 1 atom stereocenters. The van der Waals surface area contributed by atoms with Crippen LogP contribution in [0.25, 0.3) is 10.2 Å². The van der Waals surface area contributed by atoms with Gasteiger partial charge in [0.2, 0.25) is 0 Å². The van der Waals surface area contributed by atoms with Gasteiger partial charge < -0.3 is 4.74 Å². The zero-order chi connectivity index (χ0) is 17.2. The fourth-order valence-corrected chi connectivity index (χ4v) is 5.00. The van der Waals surface area contributed by atoms with E-state index in [0.717, 1.165) is 58.0 Å². The molecule has 0 radical (unpaired) electrons. The van der Waals surface area contributed by atoms with Crippen LogP contribution in [-0.4, -0.2) is 78.2 Å². The van der Waals surface area contributed by atoms with Crippen molar-refractivity contribution in [3.8, 4) is 0 Å². The Morgan fingerprint density at radius 3 is 2.24 bits per heavy atom. The number of morpholine rings is 1. The molecule has 3 heterocycles. The second-order valence-electron chi connectivity index (χ2n) is 7.21. The van der Waals surface area contributed by atoms with Crippen LogP contribution in [0.15, 0.2) is 24.3 Å². The van der Waals surface area contributed by atoms with E-state index in [-0.39, 0.29) is 6.17 Å². The number of hydrogen-bond acceptors (Lipinski definition) is 6. The Morgan fingerprint density at radius 1 is 0.920 bits per heavy atom. The minimum absolute atomic E-state index is 0.288. The lowest BCUT2D eigenvalue weighted by Gasteiger charge is -2.44. The second-order valence-corrected chi connectivity index (χ2v) is 8.27. The van der Waals surface area contributed by atoms with Gasteiger partial charge in [-0.25, -0.2) is 4.98 Å². The normalized spacial score (nSPS) is 22.7. The van der Waals surface area contributed by atoms with Crippen molar-refractivity contribution in [2.45, 2.75) is 26.1 Å². The summed E-state index contributed by atoms with van der Waals surface area (Å²) in [6.07, 6.45) is 0.288. The van der Waals surface area contributed by atoms with E-state index in [1.165, 1.54) is 9.71 Å². The zero-order valence-electron chi connectivity index (χ0n) is 15.2. The summed E-state index contributed by atoms with van der Waals surface area (Å²) in [5, 5.41) is 1.24. The molecule has 0 saturated carbocycles. The maximum absolute atomic E-state index is 5.60. The summed E-state index contributed by atoms with van der Waals surface area (Å²) >= 11 is 1.85. The lowest BCUT2D eigenvalue weighted by atomic mass is 10.2. The van der Waals surface area contributed by atoms with Crippen LogP contribution in [0.3, 0.4) is 0 Å². The second kappa shape index (κ2) is 7.68. The van der Waals surface area contributed by atoms with Crippen LogP contribution in [0, 0.1) is 0 Å². The molecule has 2 saturated heterocycles. The van der Waals surface area contributed by atoms with Gasteiger partial charge in [-0.3, -0.25) is 14.7 Å². The number of ether oxygens (including phenoxy) is 1. The molecule has 0 aliphatic carbocycles. The molecule has 0 spiro atoms. The van der Waals surface area contributed by atoms with E-state index >= 15 is 0 Å². The van der Waals surface area contributed by atoms with Gasteiger partial charge in [-0.2, -0.15) is 0 Å². The monoisotopic (exact) mass is 360 g/mol. The largest absolute Gasteiger partial charge is 0.379 e. The summed E-state index contributed by atoms with van der Waals surface area (Å²) in [6, 6.07) is 9.13. The van der Waals surface area contributed by atoms with Crippen LogP contribution >= 0.6 is 11.3 Å². The number of thiazole rings is 1. The average molecular weight is 361 g/mol. The first-order valence-electron chi connectivity index (χ1n) is 9.38. The minimum Gasteiger partial charge on any atom is -0.379 e. The standard InChI is InChI=1S/C19H28N4OS/c1-15(2)21-7-9-22(10-8-21)19(23-11-13-24-14-12-23)18-20-16-5-3-4-6-17(16)25-18/h3-6,15,19H,7-14H2,1-2H3. The van der Waals surface area contributed by atoms with Gasteiger partial charge in [0.15, 0.2) is 0 Å². The van der Waals surface area contributed by atoms with Crippen LogP contribution in [0.2, 0.25) is 0 Å². The molecule has 136 valence electrons. The molecule has 25 heavy (non-hydrogen) atoms. The summed E-state index contributed by atoms with van der Waals surface area (Å²) in [7, 11) is 0. The SMILES string of the molecule is CC(C)N1CCN(C(c2nc3ccccc3s2)N2CCOCC2)CC1. The van der Waals surface area contributed by atoms with E-state index in [1.807, 2.05) is 11.3 Å². The number of rotatable bonds is 4. The number of aromatic nitrogens is 1. The lowest BCUT2D eigenvalue weighted by molar-refractivity contribution is -0.0507. The van der Waals surface area contributed by atoms with Crippen molar-refractivity contribution in [3.05, 3.63) is 29.3 Å². The Bertz CT molecular complexity index is 657. The van der Waals surface area contributed by atoms with Gasteiger partial charge >= 0.3 is 0 Å². The van der Waals surface area contributed by atoms with Crippen molar-refractivity contribution >= 4 is 21.6 Å². The molecule has 0 amide bonds. The zero-order valence-corrected chi connectivity index (χ0v) is 16.0. The van der Waals surface area contributed by atoms with Gasteiger partial charge in [0.1, 0.15) is 11.2 Å². The number of benzene rings is 1. The number of para-hydroxylation sites is 1. The third-order valence-electron chi connectivity index (χ3n) is 5.35. The maximum atomic E-state index is 5.60. The van der Waals surface area contributed by atoms with E-state index in [9.17, 15) is 0 Å². The smallest absolute Gasteiger partial charge is 0.126 e. The molecule has 0 bridgehead atoms. The number of hydrogen-bond donors (Lipinski definition) is 0. The average Bonchev–Trinajstić information content (AvgIpc) is 3.07. The van der Waals surface area contributed by atoms with E-state index in [2.05, 4.69) is 52.8 Å². The maximum Gasteiger partial charge on any atom is 0.126 e. The molecule has 0 N–H and O–H groups in total. The molecule has 2 fully saturated rings. The molecule has 5 nitrogen and oxygen atoms in total. The van der Waals surface area contributed by atoms with Crippen LogP contribution in [0.4, 0.5) is 0 Å². The molecule has 1 unspecified atom stereocenters. The molecule has 2 aromatic rings. The van der Waals surface area contributed by atoms with Gasteiger partial charge in [-0.05, 0) is 26.0 Å². The molecule has 1 aromatic heterocycles. The van der Waals surface area contributed by atoms with Crippen molar-refractivity contribution < 1.29 is 4.74 Å². The Labute approximate surface area is 154 Å².